The van der Waals surface area contributed by atoms with Crippen molar-refractivity contribution in [3.63, 3.8) is 0 Å². The zero-order valence-electron chi connectivity index (χ0n) is 10.6. The second kappa shape index (κ2) is 5.05. The molecule has 18 heavy (non-hydrogen) atoms. The molecule has 0 aliphatic rings. The van der Waals surface area contributed by atoms with Gasteiger partial charge in [-0.05, 0) is 31.4 Å². The van der Waals surface area contributed by atoms with Crippen LogP contribution in [0.25, 0.3) is 0 Å². The Balaban J connectivity index is 2.35. The summed E-state index contributed by atoms with van der Waals surface area (Å²) < 4.78 is 0. The van der Waals surface area contributed by atoms with E-state index in [1.807, 2.05) is 44.2 Å². The van der Waals surface area contributed by atoms with Crippen molar-refractivity contribution in [1.82, 2.24) is 0 Å². The van der Waals surface area contributed by atoms with E-state index in [4.69, 9.17) is 0 Å². The topological polar surface area (TPSA) is 40.1 Å². The number of hydrogen-bond donors (Lipinski definition) is 0. The Labute approximate surface area is 107 Å². The summed E-state index contributed by atoms with van der Waals surface area (Å²) in [4.78, 5) is 11.1. The van der Waals surface area contributed by atoms with Gasteiger partial charge in [-0.2, -0.15) is 0 Å². The molecule has 2 rings (SSSR count). The lowest BCUT2D eigenvalue weighted by Gasteiger charge is -2.11. The van der Waals surface area contributed by atoms with Gasteiger partial charge in [-0.3, -0.25) is 0 Å². The number of aryl methyl sites for hydroxylation is 2. The molecule has 2 nitrogen and oxygen atoms in total. The Hall–Kier alpha value is -2.09. The maximum Gasteiger partial charge on any atom is 0.0718 e. The van der Waals surface area contributed by atoms with Gasteiger partial charge in [-0.15, -0.1) is 0 Å². The van der Waals surface area contributed by atoms with Gasteiger partial charge in [0.25, 0.3) is 0 Å². The van der Waals surface area contributed by atoms with E-state index in [2.05, 4.69) is 0 Å². The molecule has 0 spiro atoms. The van der Waals surface area contributed by atoms with Crippen LogP contribution in [0.3, 0.4) is 0 Å². The number of carbonyl (C=O) groups is 1. The summed E-state index contributed by atoms with van der Waals surface area (Å²) in [6, 6.07) is 13.4. The molecular formula is C16H15O2-. The molecule has 0 atom stereocenters. The lowest BCUT2D eigenvalue weighted by atomic mass is 9.97. The smallest absolute Gasteiger partial charge is 0.0718 e. The number of rotatable bonds is 3. The molecule has 0 radical (unpaired) electrons. The summed E-state index contributed by atoms with van der Waals surface area (Å²) in [6.07, 6.45) is 0.616. The molecule has 2 aromatic rings. The van der Waals surface area contributed by atoms with E-state index in [1.54, 1.807) is 12.1 Å². The van der Waals surface area contributed by atoms with Crippen LogP contribution in [0.4, 0.5) is 0 Å². The van der Waals surface area contributed by atoms with E-state index in [0.29, 0.717) is 6.42 Å². The third-order valence-electron chi connectivity index (χ3n) is 3.00. The number of hydrogen-bond acceptors (Lipinski definition) is 2. The number of carboxylic acids is 1. The van der Waals surface area contributed by atoms with E-state index in [0.717, 1.165) is 16.7 Å². The standard InChI is InChI=1S/C16H16O2/c1-11-3-6-13(7-4-11)10-14-9-12(2)5-8-15(14)16(17)18/h3-9H,10H2,1-2H3,(H,17,18)/p-1. The number of carbonyl (C=O) groups excluding carboxylic acids is 1. The average Bonchev–Trinajstić information content (AvgIpc) is 2.32. The average molecular weight is 239 g/mol. The Morgan fingerprint density at radius 3 is 2.22 bits per heavy atom. The second-order valence-electron chi connectivity index (χ2n) is 4.61. The zero-order valence-corrected chi connectivity index (χ0v) is 10.6. The van der Waals surface area contributed by atoms with Crippen LogP contribution in [-0.2, 0) is 6.42 Å². The molecule has 0 heterocycles. The summed E-state index contributed by atoms with van der Waals surface area (Å²) >= 11 is 0. The van der Waals surface area contributed by atoms with Crippen LogP contribution in [-0.4, -0.2) is 5.97 Å². The fourth-order valence-corrected chi connectivity index (χ4v) is 1.99. The molecule has 0 saturated heterocycles. The maximum absolute atomic E-state index is 11.1. The first-order chi connectivity index (χ1) is 8.56. The van der Waals surface area contributed by atoms with Crippen molar-refractivity contribution >= 4 is 5.97 Å². The Bertz CT molecular complexity index is 568. The molecule has 0 saturated carbocycles. The third-order valence-corrected chi connectivity index (χ3v) is 3.00. The van der Waals surface area contributed by atoms with Gasteiger partial charge < -0.3 is 9.90 Å². The maximum atomic E-state index is 11.1. The van der Waals surface area contributed by atoms with Gasteiger partial charge in [0.2, 0.25) is 0 Å². The molecule has 0 fully saturated rings. The molecule has 0 aromatic heterocycles. The van der Waals surface area contributed by atoms with Crippen LogP contribution in [0.2, 0.25) is 0 Å². The summed E-state index contributed by atoms with van der Waals surface area (Å²) in [5.74, 6) is -1.11. The molecule has 0 aliphatic heterocycles. The molecule has 0 aliphatic carbocycles. The summed E-state index contributed by atoms with van der Waals surface area (Å²) in [5, 5.41) is 11.1. The van der Waals surface area contributed by atoms with E-state index < -0.39 is 5.97 Å². The van der Waals surface area contributed by atoms with Gasteiger partial charge in [0, 0.05) is 5.56 Å². The molecule has 92 valence electrons. The fraction of sp³-hybridized carbons (Fsp3) is 0.188. The first-order valence-electron chi connectivity index (χ1n) is 5.92. The van der Waals surface area contributed by atoms with Crippen molar-refractivity contribution in [2.24, 2.45) is 0 Å². The summed E-state index contributed by atoms with van der Waals surface area (Å²) in [7, 11) is 0. The van der Waals surface area contributed by atoms with Crippen LogP contribution in [0.5, 0.6) is 0 Å². The van der Waals surface area contributed by atoms with Gasteiger partial charge in [0.15, 0.2) is 0 Å². The highest BCUT2D eigenvalue weighted by Crippen LogP contribution is 2.16. The normalized spacial score (nSPS) is 10.3. The van der Waals surface area contributed by atoms with Crippen LogP contribution >= 0.6 is 0 Å². The first-order valence-corrected chi connectivity index (χ1v) is 5.92. The number of benzene rings is 2. The van der Waals surface area contributed by atoms with E-state index in [1.165, 1.54) is 5.56 Å². The van der Waals surface area contributed by atoms with Gasteiger partial charge in [0.05, 0.1) is 5.97 Å². The minimum absolute atomic E-state index is 0.279. The van der Waals surface area contributed by atoms with E-state index >= 15 is 0 Å². The van der Waals surface area contributed by atoms with Gasteiger partial charge in [-0.1, -0.05) is 53.6 Å². The van der Waals surface area contributed by atoms with Crippen LogP contribution in [0.1, 0.15) is 32.6 Å². The van der Waals surface area contributed by atoms with Crippen molar-refractivity contribution in [3.05, 3.63) is 70.3 Å². The quantitative estimate of drug-likeness (QED) is 0.824. The van der Waals surface area contributed by atoms with Crippen LogP contribution in [0.15, 0.2) is 42.5 Å². The van der Waals surface area contributed by atoms with Crippen molar-refractivity contribution < 1.29 is 9.90 Å². The number of aromatic carboxylic acids is 1. The summed E-state index contributed by atoms with van der Waals surface area (Å²) in [5.41, 5.74) is 4.44. The van der Waals surface area contributed by atoms with Crippen LogP contribution < -0.4 is 5.11 Å². The minimum atomic E-state index is -1.11. The lowest BCUT2D eigenvalue weighted by molar-refractivity contribution is -0.255. The highest BCUT2D eigenvalue weighted by molar-refractivity contribution is 5.87. The first kappa shape index (κ1) is 12.4. The Morgan fingerprint density at radius 1 is 1.00 bits per heavy atom. The van der Waals surface area contributed by atoms with Gasteiger partial charge in [-0.25, -0.2) is 0 Å². The molecule has 0 bridgehead atoms. The molecule has 0 N–H and O–H groups in total. The van der Waals surface area contributed by atoms with Crippen molar-refractivity contribution in [2.75, 3.05) is 0 Å². The molecule has 2 aromatic carbocycles. The predicted molar refractivity (Wildman–Crippen MR) is 69.5 cm³/mol. The van der Waals surface area contributed by atoms with Crippen LogP contribution in [0, 0.1) is 13.8 Å². The highest BCUT2D eigenvalue weighted by atomic mass is 16.4. The lowest BCUT2D eigenvalue weighted by Crippen LogP contribution is -2.23. The Kier molecular flexibility index (Phi) is 3.47. The van der Waals surface area contributed by atoms with Gasteiger partial charge in [0.1, 0.15) is 0 Å². The highest BCUT2D eigenvalue weighted by Gasteiger charge is 2.05. The number of carboxylic acid groups (broad SMARTS) is 1. The SMILES string of the molecule is Cc1ccc(Cc2cc(C)ccc2C(=O)[O-])cc1. The largest absolute Gasteiger partial charge is 0.545 e. The van der Waals surface area contributed by atoms with Crippen molar-refractivity contribution in [2.45, 2.75) is 20.3 Å². The summed E-state index contributed by atoms with van der Waals surface area (Å²) in [6.45, 7) is 3.99. The zero-order chi connectivity index (χ0) is 13.1. The van der Waals surface area contributed by atoms with E-state index in [9.17, 15) is 9.90 Å². The second-order valence-corrected chi connectivity index (χ2v) is 4.61. The molecule has 0 amide bonds. The predicted octanol–water partition coefficient (Wildman–Crippen LogP) is 2.26. The van der Waals surface area contributed by atoms with Gasteiger partial charge >= 0.3 is 0 Å². The van der Waals surface area contributed by atoms with Crippen molar-refractivity contribution in [3.8, 4) is 0 Å². The monoisotopic (exact) mass is 239 g/mol. The van der Waals surface area contributed by atoms with E-state index in [-0.39, 0.29) is 5.56 Å². The third kappa shape index (κ3) is 2.77. The molecular weight excluding hydrogens is 224 g/mol. The van der Waals surface area contributed by atoms with Crippen molar-refractivity contribution in [1.29, 1.82) is 0 Å². The minimum Gasteiger partial charge on any atom is -0.545 e. The Morgan fingerprint density at radius 2 is 1.61 bits per heavy atom. The molecule has 2 heteroatoms. The molecule has 0 unspecified atom stereocenters. The fourth-order valence-electron chi connectivity index (χ4n) is 1.99.